The van der Waals surface area contributed by atoms with Crippen molar-refractivity contribution in [3.05, 3.63) is 102 Å². The molecule has 5 aromatic rings. The van der Waals surface area contributed by atoms with Gasteiger partial charge in [0.2, 0.25) is 0 Å². The van der Waals surface area contributed by atoms with Crippen LogP contribution in [-0.2, 0) is 19.4 Å². The second-order valence-corrected chi connectivity index (χ2v) is 8.82. The maximum atomic E-state index is 12.8. The zero-order valence-electron chi connectivity index (χ0n) is 18.8. The largest absolute Gasteiger partial charge is 0.361 e. The standard InChI is InChI=1S/C28H25N5O/c34-28(27-17-30-25-7-3-4-8-26(25)32-27)31-22-9-10-24-23(15-22)20(16-29-24)12-14-33-13-11-19-5-1-2-6-21(19)18-33/h1-10,15-17,29H,11-14,18H2,(H,31,34). The lowest BCUT2D eigenvalue weighted by Gasteiger charge is -2.28. The number of anilines is 1. The summed E-state index contributed by atoms with van der Waals surface area (Å²) in [7, 11) is 0. The van der Waals surface area contributed by atoms with E-state index in [1.165, 1.54) is 22.9 Å². The highest BCUT2D eigenvalue weighted by molar-refractivity contribution is 6.04. The maximum Gasteiger partial charge on any atom is 0.275 e. The number of aromatic nitrogens is 3. The molecule has 0 saturated carbocycles. The number of nitrogens with zero attached hydrogens (tertiary/aromatic N) is 3. The number of hydrogen-bond acceptors (Lipinski definition) is 4. The van der Waals surface area contributed by atoms with Crippen LogP contribution in [0.15, 0.2) is 79.1 Å². The lowest BCUT2D eigenvalue weighted by atomic mass is 9.99. The number of amides is 1. The van der Waals surface area contributed by atoms with Gasteiger partial charge >= 0.3 is 0 Å². The van der Waals surface area contributed by atoms with Crippen molar-refractivity contribution in [3.63, 3.8) is 0 Å². The summed E-state index contributed by atoms with van der Waals surface area (Å²) in [4.78, 5) is 27.5. The van der Waals surface area contributed by atoms with Crippen molar-refractivity contribution in [2.24, 2.45) is 0 Å². The number of nitrogens with one attached hydrogen (secondary N) is 2. The second-order valence-electron chi connectivity index (χ2n) is 8.82. The molecule has 0 radical (unpaired) electrons. The second kappa shape index (κ2) is 8.72. The van der Waals surface area contributed by atoms with Gasteiger partial charge in [-0.1, -0.05) is 36.4 Å². The summed E-state index contributed by atoms with van der Waals surface area (Å²) in [5.74, 6) is -0.262. The summed E-state index contributed by atoms with van der Waals surface area (Å²) in [5, 5.41) is 4.12. The van der Waals surface area contributed by atoms with Gasteiger partial charge in [-0.05, 0) is 59.9 Å². The van der Waals surface area contributed by atoms with Crippen molar-refractivity contribution in [2.75, 3.05) is 18.4 Å². The summed E-state index contributed by atoms with van der Waals surface area (Å²) < 4.78 is 0. The lowest BCUT2D eigenvalue weighted by Crippen LogP contribution is -2.32. The van der Waals surface area contributed by atoms with E-state index < -0.39 is 0 Å². The number of para-hydroxylation sites is 2. The molecular formula is C28H25N5O. The van der Waals surface area contributed by atoms with Crippen molar-refractivity contribution < 1.29 is 4.79 Å². The van der Waals surface area contributed by atoms with Crippen LogP contribution in [0.1, 0.15) is 27.2 Å². The Hall–Kier alpha value is -4.03. The molecule has 0 atom stereocenters. The van der Waals surface area contributed by atoms with Gasteiger partial charge in [-0.25, -0.2) is 4.98 Å². The van der Waals surface area contributed by atoms with Crippen LogP contribution in [0.3, 0.4) is 0 Å². The van der Waals surface area contributed by atoms with E-state index in [9.17, 15) is 4.79 Å². The summed E-state index contributed by atoms with van der Waals surface area (Å²) in [6.45, 7) is 3.10. The normalized spacial score (nSPS) is 13.8. The van der Waals surface area contributed by atoms with E-state index in [1.807, 2.05) is 42.5 Å². The minimum Gasteiger partial charge on any atom is -0.361 e. The maximum absolute atomic E-state index is 12.8. The van der Waals surface area contributed by atoms with Crippen LogP contribution in [0.4, 0.5) is 5.69 Å². The first-order valence-electron chi connectivity index (χ1n) is 11.7. The summed E-state index contributed by atoms with van der Waals surface area (Å²) >= 11 is 0. The van der Waals surface area contributed by atoms with Crippen molar-refractivity contribution in [2.45, 2.75) is 19.4 Å². The van der Waals surface area contributed by atoms with E-state index >= 15 is 0 Å². The molecule has 1 aliphatic rings. The molecule has 34 heavy (non-hydrogen) atoms. The monoisotopic (exact) mass is 447 g/mol. The van der Waals surface area contributed by atoms with E-state index in [2.05, 4.69) is 55.6 Å². The van der Waals surface area contributed by atoms with Crippen LogP contribution in [-0.4, -0.2) is 38.8 Å². The average Bonchev–Trinajstić information content (AvgIpc) is 3.29. The van der Waals surface area contributed by atoms with Gasteiger partial charge in [0.15, 0.2) is 0 Å². The molecule has 6 rings (SSSR count). The molecule has 0 aliphatic carbocycles. The van der Waals surface area contributed by atoms with Crippen molar-refractivity contribution >= 4 is 33.5 Å². The predicted molar refractivity (Wildman–Crippen MR) is 135 cm³/mol. The molecule has 168 valence electrons. The molecule has 2 N–H and O–H groups in total. The van der Waals surface area contributed by atoms with E-state index in [0.29, 0.717) is 11.2 Å². The molecule has 0 spiro atoms. The Labute approximate surface area is 197 Å². The third-order valence-electron chi connectivity index (χ3n) is 6.61. The Balaban J connectivity index is 1.17. The molecule has 6 nitrogen and oxygen atoms in total. The Morgan fingerprint density at radius 3 is 2.74 bits per heavy atom. The van der Waals surface area contributed by atoms with Crippen LogP contribution in [0.25, 0.3) is 21.9 Å². The van der Waals surface area contributed by atoms with Gasteiger partial charge in [-0.2, -0.15) is 0 Å². The zero-order valence-corrected chi connectivity index (χ0v) is 18.8. The quantitative estimate of drug-likeness (QED) is 0.399. The molecular weight excluding hydrogens is 422 g/mol. The van der Waals surface area contributed by atoms with Gasteiger partial charge in [-0.3, -0.25) is 14.7 Å². The number of rotatable bonds is 5. The number of aromatic amines is 1. The fourth-order valence-electron chi connectivity index (χ4n) is 4.75. The molecule has 3 aromatic carbocycles. The minimum absolute atomic E-state index is 0.262. The van der Waals surface area contributed by atoms with E-state index in [-0.39, 0.29) is 5.91 Å². The molecule has 1 aliphatic heterocycles. The van der Waals surface area contributed by atoms with Gasteiger partial charge in [0.05, 0.1) is 17.2 Å². The summed E-state index contributed by atoms with van der Waals surface area (Å²) in [6, 6.07) is 22.2. The Kier molecular flexibility index (Phi) is 5.28. The van der Waals surface area contributed by atoms with Gasteiger partial charge < -0.3 is 10.3 Å². The number of fused-ring (bicyclic) bond motifs is 3. The molecule has 1 amide bonds. The average molecular weight is 448 g/mol. The molecule has 0 fully saturated rings. The lowest BCUT2D eigenvalue weighted by molar-refractivity contribution is 0.102. The first-order chi connectivity index (χ1) is 16.7. The van der Waals surface area contributed by atoms with Gasteiger partial charge in [0.1, 0.15) is 5.69 Å². The van der Waals surface area contributed by atoms with Crippen LogP contribution >= 0.6 is 0 Å². The first kappa shape index (κ1) is 20.6. The van der Waals surface area contributed by atoms with E-state index in [4.69, 9.17) is 0 Å². The Bertz CT molecular complexity index is 1510. The fourth-order valence-corrected chi connectivity index (χ4v) is 4.75. The summed E-state index contributed by atoms with van der Waals surface area (Å²) in [5.41, 5.74) is 7.78. The van der Waals surface area contributed by atoms with Crippen LogP contribution in [0.2, 0.25) is 0 Å². The SMILES string of the molecule is O=C(Nc1ccc2[nH]cc(CCN3CCc4ccccc4C3)c2c1)c1cnc2ccccc2n1. The highest BCUT2D eigenvalue weighted by Gasteiger charge is 2.16. The molecule has 6 heteroatoms. The van der Waals surface area contributed by atoms with Crippen molar-refractivity contribution in [1.29, 1.82) is 0 Å². The smallest absolute Gasteiger partial charge is 0.275 e. The predicted octanol–water partition coefficient (Wildman–Crippen LogP) is 4.96. The number of benzene rings is 3. The Morgan fingerprint density at radius 2 is 1.82 bits per heavy atom. The molecule has 0 bridgehead atoms. The fraction of sp³-hybridized carbons (Fsp3) is 0.179. The van der Waals surface area contributed by atoms with Crippen molar-refractivity contribution in [3.8, 4) is 0 Å². The minimum atomic E-state index is -0.262. The van der Waals surface area contributed by atoms with E-state index in [1.54, 1.807) is 0 Å². The molecule has 0 saturated heterocycles. The zero-order chi connectivity index (χ0) is 22.9. The van der Waals surface area contributed by atoms with Gasteiger partial charge in [0, 0.05) is 42.4 Å². The number of carbonyl (C=O) groups is 1. The highest BCUT2D eigenvalue weighted by atomic mass is 16.1. The topological polar surface area (TPSA) is 73.9 Å². The van der Waals surface area contributed by atoms with Gasteiger partial charge in [0.25, 0.3) is 5.91 Å². The third-order valence-corrected chi connectivity index (χ3v) is 6.61. The van der Waals surface area contributed by atoms with Gasteiger partial charge in [-0.15, -0.1) is 0 Å². The third kappa shape index (κ3) is 4.04. The van der Waals surface area contributed by atoms with Crippen LogP contribution in [0, 0.1) is 0 Å². The van der Waals surface area contributed by atoms with E-state index in [0.717, 1.165) is 54.6 Å². The Morgan fingerprint density at radius 1 is 1.00 bits per heavy atom. The number of carbonyl (C=O) groups excluding carboxylic acids is 1. The van der Waals surface area contributed by atoms with Crippen LogP contribution < -0.4 is 5.32 Å². The van der Waals surface area contributed by atoms with Crippen molar-refractivity contribution in [1.82, 2.24) is 19.9 Å². The number of hydrogen-bond donors (Lipinski definition) is 2. The first-order valence-corrected chi connectivity index (χ1v) is 11.7. The molecule has 2 aromatic heterocycles. The molecule has 0 unspecified atom stereocenters. The highest BCUT2D eigenvalue weighted by Crippen LogP contribution is 2.25. The van der Waals surface area contributed by atoms with Crippen LogP contribution in [0.5, 0.6) is 0 Å². The molecule has 3 heterocycles. The summed E-state index contributed by atoms with van der Waals surface area (Å²) in [6.07, 6.45) is 5.67. The number of H-pyrrole nitrogens is 1.